The summed E-state index contributed by atoms with van der Waals surface area (Å²) in [4.78, 5) is 24.5. The Labute approximate surface area is 167 Å². The first kappa shape index (κ1) is 17.8. The number of amidine groups is 1. The van der Waals surface area contributed by atoms with Crippen molar-refractivity contribution in [3.8, 4) is 0 Å². The van der Waals surface area contributed by atoms with Gasteiger partial charge in [0.15, 0.2) is 6.17 Å². The summed E-state index contributed by atoms with van der Waals surface area (Å²) < 4.78 is 14.6. The zero-order valence-corrected chi connectivity index (χ0v) is 16.1. The zero-order valence-electron chi connectivity index (χ0n) is 16.1. The Morgan fingerprint density at radius 2 is 2.17 bits per heavy atom. The second kappa shape index (κ2) is 6.95. The average Bonchev–Trinajstić information content (AvgIpc) is 3.12. The van der Waals surface area contributed by atoms with Gasteiger partial charge in [-0.15, -0.1) is 0 Å². The lowest BCUT2D eigenvalue weighted by Gasteiger charge is -2.36. The van der Waals surface area contributed by atoms with Gasteiger partial charge >= 0.3 is 0 Å². The average molecular weight is 392 g/mol. The van der Waals surface area contributed by atoms with Gasteiger partial charge in [0.1, 0.15) is 11.7 Å². The number of hydrogen-bond donors (Lipinski definition) is 0. The Hall–Kier alpha value is -3.29. The third-order valence-electron chi connectivity index (χ3n) is 5.64. The van der Waals surface area contributed by atoms with Crippen molar-refractivity contribution >= 4 is 28.9 Å². The summed E-state index contributed by atoms with van der Waals surface area (Å²) in [6.07, 6.45) is 7.67. The smallest absolute Gasteiger partial charge is 0.241 e. The highest BCUT2D eigenvalue weighted by Crippen LogP contribution is 2.25. The number of hydrogen-bond acceptors (Lipinski definition) is 6. The molecule has 0 saturated carbocycles. The van der Waals surface area contributed by atoms with E-state index >= 15 is 0 Å². The van der Waals surface area contributed by atoms with Gasteiger partial charge in [0.2, 0.25) is 5.91 Å². The second-order valence-corrected chi connectivity index (χ2v) is 7.56. The second-order valence-electron chi connectivity index (χ2n) is 7.56. The minimum Gasteiger partial charge on any atom is -0.344 e. The number of nitrogens with zero attached hydrogens (tertiary/aromatic N) is 6. The summed E-state index contributed by atoms with van der Waals surface area (Å²) >= 11 is 0. The fourth-order valence-electron chi connectivity index (χ4n) is 3.91. The summed E-state index contributed by atoms with van der Waals surface area (Å²) in [6.45, 7) is 1.73. The van der Waals surface area contributed by atoms with E-state index in [0.717, 1.165) is 17.8 Å². The molecule has 3 aliphatic heterocycles. The molecule has 1 saturated heterocycles. The highest BCUT2D eigenvalue weighted by molar-refractivity contribution is 5.96. The Morgan fingerprint density at radius 1 is 1.28 bits per heavy atom. The molecule has 2 atom stereocenters. The molecular formula is C21H21FN6O. The number of aromatic nitrogens is 1. The standard InChI is InChI=1S/C21H21FN6O/c1-26-7-8-27(13-21(26)29)20-5-4-19-24-12-16(28(19)25-20)10-15-9-14-3-2-6-23-18(14)11-17(15)22/h2-6,9,11-12,16,19H,7-8,10,13H2,1H3. The fourth-order valence-corrected chi connectivity index (χ4v) is 3.91. The van der Waals surface area contributed by atoms with Crippen LogP contribution in [0.25, 0.3) is 10.9 Å². The molecule has 4 heterocycles. The van der Waals surface area contributed by atoms with Gasteiger partial charge in [-0.25, -0.2) is 4.39 Å². The van der Waals surface area contributed by atoms with Crippen LogP contribution in [0.3, 0.4) is 0 Å². The van der Waals surface area contributed by atoms with Crippen molar-refractivity contribution in [2.24, 2.45) is 10.1 Å². The molecule has 0 radical (unpaired) electrons. The van der Waals surface area contributed by atoms with E-state index in [0.29, 0.717) is 30.6 Å². The Kier molecular flexibility index (Phi) is 4.26. The van der Waals surface area contributed by atoms with Crippen LogP contribution in [0, 0.1) is 5.82 Å². The van der Waals surface area contributed by atoms with Crippen molar-refractivity contribution in [1.82, 2.24) is 19.8 Å². The number of halogens is 1. The molecule has 2 aromatic rings. The predicted octanol–water partition coefficient (Wildman–Crippen LogP) is 1.65. The Balaban J connectivity index is 1.38. The first-order valence-electron chi connectivity index (χ1n) is 9.69. The van der Waals surface area contributed by atoms with Gasteiger partial charge in [0, 0.05) is 50.4 Å². The van der Waals surface area contributed by atoms with Crippen molar-refractivity contribution in [3.05, 3.63) is 54.0 Å². The summed E-state index contributed by atoms with van der Waals surface area (Å²) in [5, 5.41) is 7.56. The van der Waals surface area contributed by atoms with Crippen molar-refractivity contribution in [3.63, 3.8) is 0 Å². The number of piperazine rings is 1. The highest BCUT2D eigenvalue weighted by atomic mass is 19.1. The summed E-state index contributed by atoms with van der Waals surface area (Å²) in [5.74, 6) is 0.561. The SMILES string of the molecule is CN1CCN(C2=NN3C(Cc4cc5cccnc5cc4F)C=NC3C=C2)CC1=O. The van der Waals surface area contributed by atoms with Gasteiger partial charge in [0.05, 0.1) is 18.1 Å². The van der Waals surface area contributed by atoms with Crippen LogP contribution in [0.5, 0.6) is 0 Å². The molecule has 148 valence electrons. The number of rotatable bonds is 2. The Bertz CT molecular complexity index is 1060. The molecule has 0 bridgehead atoms. The number of aliphatic imine (C=N–C) groups is 1. The maximum atomic E-state index is 14.6. The van der Waals surface area contributed by atoms with Crippen molar-refractivity contribution < 1.29 is 9.18 Å². The maximum absolute atomic E-state index is 14.6. The summed E-state index contributed by atoms with van der Waals surface area (Å²) in [5.41, 5.74) is 1.26. The molecule has 7 nitrogen and oxygen atoms in total. The van der Waals surface area contributed by atoms with Crippen molar-refractivity contribution in [2.75, 3.05) is 26.7 Å². The number of fused-ring (bicyclic) bond motifs is 2. The van der Waals surface area contributed by atoms with Crippen LogP contribution in [-0.4, -0.2) is 76.6 Å². The van der Waals surface area contributed by atoms with Gasteiger partial charge in [-0.1, -0.05) is 6.07 Å². The van der Waals surface area contributed by atoms with Crippen LogP contribution < -0.4 is 0 Å². The van der Waals surface area contributed by atoms with E-state index in [1.165, 1.54) is 6.07 Å². The van der Waals surface area contributed by atoms with Gasteiger partial charge < -0.3 is 9.80 Å². The van der Waals surface area contributed by atoms with Crippen LogP contribution in [0.15, 0.2) is 52.7 Å². The molecule has 8 heteroatoms. The maximum Gasteiger partial charge on any atom is 0.241 e. The first-order valence-corrected chi connectivity index (χ1v) is 9.69. The molecule has 29 heavy (non-hydrogen) atoms. The van der Waals surface area contributed by atoms with E-state index in [9.17, 15) is 9.18 Å². The van der Waals surface area contributed by atoms with Gasteiger partial charge in [-0.3, -0.25) is 19.8 Å². The third kappa shape index (κ3) is 3.24. The lowest BCUT2D eigenvalue weighted by Crippen LogP contribution is -2.51. The third-order valence-corrected chi connectivity index (χ3v) is 5.64. The number of amides is 1. The molecule has 3 aliphatic rings. The molecule has 0 N–H and O–H groups in total. The molecule has 1 aromatic carbocycles. The summed E-state index contributed by atoms with van der Waals surface area (Å²) in [6, 6.07) is 6.96. The van der Waals surface area contributed by atoms with Crippen LogP contribution in [0.2, 0.25) is 0 Å². The van der Waals surface area contributed by atoms with E-state index < -0.39 is 0 Å². The number of likely N-dealkylation sites (N-methyl/N-ethyl adjacent to an activating group) is 1. The lowest BCUT2D eigenvalue weighted by atomic mass is 10.0. The van der Waals surface area contributed by atoms with Crippen LogP contribution >= 0.6 is 0 Å². The van der Waals surface area contributed by atoms with E-state index in [2.05, 4.69) is 9.98 Å². The number of pyridine rings is 1. The molecule has 1 aromatic heterocycles. The van der Waals surface area contributed by atoms with Crippen LogP contribution in [0.4, 0.5) is 4.39 Å². The zero-order chi connectivity index (χ0) is 20.0. The lowest BCUT2D eigenvalue weighted by molar-refractivity contribution is -0.132. The molecule has 1 amide bonds. The molecule has 1 fully saturated rings. The van der Waals surface area contributed by atoms with E-state index in [4.69, 9.17) is 5.10 Å². The number of benzene rings is 1. The van der Waals surface area contributed by atoms with E-state index in [1.54, 1.807) is 11.1 Å². The minimum atomic E-state index is -0.269. The summed E-state index contributed by atoms with van der Waals surface area (Å²) in [7, 11) is 1.81. The normalized spacial score (nSPS) is 23.7. The molecule has 0 aliphatic carbocycles. The molecule has 2 unspecified atom stereocenters. The molecule has 5 rings (SSSR count). The Morgan fingerprint density at radius 3 is 3.03 bits per heavy atom. The highest BCUT2D eigenvalue weighted by Gasteiger charge is 2.33. The van der Waals surface area contributed by atoms with E-state index in [-0.39, 0.29) is 23.9 Å². The number of hydrazone groups is 1. The fraction of sp³-hybridized carbons (Fsp3) is 0.333. The quantitative estimate of drug-likeness (QED) is 0.780. The molecule has 0 spiro atoms. The largest absolute Gasteiger partial charge is 0.344 e. The monoisotopic (exact) mass is 392 g/mol. The number of carbonyl (C=O) groups is 1. The van der Waals surface area contributed by atoms with Gasteiger partial charge in [-0.2, -0.15) is 5.10 Å². The molecular weight excluding hydrogens is 371 g/mol. The van der Waals surface area contributed by atoms with Gasteiger partial charge in [-0.05, 0) is 29.8 Å². The van der Waals surface area contributed by atoms with Crippen LogP contribution in [0.1, 0.15) is 5.56 Å². The predicted molar refractivity (Wildman–Crippen MR) is 109 cm³/mol. The van der Waals surface area contributed by atoms with E-state index in [1.807, 2.05) is 53.5 Å². The minimum absolute atomic E-state index is 0.0792. The van der Waals surface area contributed by atoms with Crippen LogP contribution in [-0.2, 0) is 11.2 Å². The van der Waals surface area contributed by atoms with Crippen molar-refractivity contribution in [1.29, 1.82) is 0 Å². The number of carbonyl (C=O) groups excluding carboxylic acids is 1. The topological polar surface area (TPSA) is 64.4 Å². The van der Waals surface area contributed by atoms with Gasteiger partial charge in [0.25, 0.3) is 0 Å². The van der Waals surface area contributed by atoms with Crippen molar-refractivity contribution in [2.45, 2.75) is 18.6 Å². The first-order chi connectivity index (χ1) is 14.1.